The predicted molar refractivity (Wildman–Crippen MR) is 109 cm³/mol. The summed E-state index contributed by atoms with van der Waals surface area (Å²) in [5.41, 5.74) is 1.14. The third-order valence-corrected chi connectivity index (χ3v) is 6.49. The molecule has 4 rings (SSSR count). The van der Waals surface area contributed by atoms with Crippen LogP contribution in [0.3, 0.4) is 0 Å². The van der Waals surface area contributed by atoms with E-state index in [9.17, 15) is 9.18 Å². The monoisotopic (exact) mass is 404 g/mol. The van der Waals surface area contributed by atoms with Crippen molar-refractivity contribution in [3.63, 3.8) is 0 Å². The normalized spacial score (nSPS) is 32.6. The van der Waals surface area contributed by atoms with Crippen molar-refractivity contribution in [2.45, 2.75) is 57.5 Å². The maximum absolute atomic E-state index is 13.3. The zero-order chi connectivity index (χ0) is 20.2. The van der Waals surface area contributed by atoms with E-state index >= 15 is 0 Å². The van der Waals surface area contributed by atoms with Gasteiger partial charge in [-0.3, -0.25) is 19.9 Å². The van der Waals surface area contributed by atoms with Crippen LogP contribution in [0.25, 0.3) is 0 Å². The van der Waals surface area contributed by atoms with Crippen LogP contribution >= 0.6 is 0 Å². The Kier molecular flexibility index (Phi) is 6.80. The van der Waals surface area contributed by atoms with E-state index in [0.29, 0.717) is 18.4 Å². The van der Waals surface area contributed by atoms with Gasteiger partial charge in [0.2, 0.25) is 5.91 Å². The van der Waals surface area contributed by atoms with Gasteiger partial charge in [0.25, 0.3) is 0 Å². The fraction of sp³-hybridized carbons (Fsp3) is 0.682. The van der Waals surface area contributed by atoms with E-state index in [4.69, 9.17) is 4.74 Å². The number of carbonyl (C=O) groups is 1. The van der Waals surface area contributed by atoms with E-state index in [1.54, 1.807) is 0 Å². The Morgan fingerprint density at radius 3 is 2.69 bits per heavy atom. The zero-order valence-corrected chi connectivity index (χ0v) is 17.3. The van der Waals surface area contributed by atoms with E-state index in [2.05, 4.69) is 27.4 Å². The highest BCUT2D eigenvalue weighted by Crippen LogP contribution is 2.26. The number of hydrogen-bond donors (Lipinski definition) is 2. The molecule has 1 aromatic rings. The minimum Gasteiger partial charge on any atom is -0.379 e. The molecule has 2 unspecified atom stereocenters. The number of nitrogens with one attached hydrogen (secondary N) is 2. The molecule has 6 nitrogen and oxygen atoms in total. The molecule has 29 heavy (non-hydrogen) atoms. The Morgan fingerprint density at radius 2 is 1.93 bits per heavy atom. The lowest BCUT2D eigenvalue weighted by molar-refractivity contribution is -0.131. The van der Waals surface area contributed by atoms with Crippen molar-refractivity contribution in [2.75, 3.05) is 32.8 Å². The third kappa shape index (κ3) is 5.34. The minimum absolute atomic E-state index is 0.0461. The van der Waals surface area contributed by atoms with Gasteiger partial charge < -0.3 is 10.1 Å². The number of carbonyl (C=O) groups excluding carboxylic acids is 1. The summed E-state index contributed by atoms with van der Waals surface area (Å²) < 4.78 is 18.8. The van der Waals surface area contributed by atoms with Crippen LogP contribution in [0.5, 0.6) is 0 Å². The van der Waals surface area contributed by atoms with Crippen molar-refractivity contribution < 1.29 is 13.9 Å². The molecular formula is C22H33FN4O2. The zero-order valence-electron chi connectivity index (χ0n) is 17.3. The number of amides is 1. The van der Waals surface area contributed by atoms with Crippen LogP contribution < -0.4 is 10.6 Å². The van der Waals surface area contributed by atoms with E-state index in [-0.39, 0.29) is 24.2 Å². The lowest BCUT2D eigenvalue weighted by Crippen LogP contribution is -2.69. The van der Waals surface area contributed by atoms with E-state index in [1.165, 1.54) is 18.6 Å². The summed E-state index contributed by atoms with van der Waals surface area (Å²) in [6, 6.07) is 7.14. The van der Waals surface area contributed by atoms with Crippen LogP contribution in [-0.4, -0.2) is 67.1 Å². The largest absolute Gasteiger partial charge is 0.379 e. The Balaban J connectivity index is 1.50. The smallest absolute Gasteiger partial charge is 0.225 e. The molecule has 1 aromatic carbocycles. The van der Waals surface area contributed by atoms with Gasteiger partial charge in [0.15, 0.2) is 0 Å². The van der Waals surface area contributed by atoms with Crippen LogP contribution in [-0.2, 0) is 16.0 Å². The third-order valence-electron chi connectivity index (χ3n) is 6.49. The fourth-order valence-corrected chi connectivity index (χ4v) is 4.93. The van der Waals surface area contributed by atoms with Crippen molar-refractivity contribution in [1.29, 1.82) is 0 Å². The molecule has 160 valence electrons. The highest BCUT2D eigenvalue weighted by molar-refractivity contribution is 5.77. The molecule has 0 spiro atoms. The second kappa shape index (κ2) is 9.51. The first-order valence-corrected chi connectivity index (χ1v) is 11.0. The Labute approximate surface area is 172 Å². The minimum atomic E-state index is -0.200. The Hall–Kier alpha value is -1.54. The highest BCUT2D eigenvalue weighted by Gasteiger charge is 2.37. The number of hydrogen-bond acceptors (Lipinski definition) is 5. The first kappa shape index (κ1) is 20.7. The summed E-state index contributed by atoms with van der Waals surface area (Å²) in [5.74, 6) is 0.539. The number of rotatable bonds is 4. The summed E-state index contributed by atoms with van der Waals surface area (Å²) in [6.45, 7) is 6.41. The highest BCUT2D eigenvalue weighted by atomic mass is 19.1. The van der Waals surface area contributed by atoms with Crippen LogP contribution in [0, 0.1) is 11.7 Å². The molecule has 3 aliphatic rings. The molecular weight excluding hydrogens is 371 g/mol. The SMILES string of the molecule is C[C@H]1CCCN(C2NC(=O)CC(N3CCOCC3)N2)[C@@H](Cc2ccc(F)cc2)C1. The topological polar surface area (TPSA) is 56.8 Å². The lowest BCUT2D eigenvalue weighted by Gasteiger charge is -2.45. The number of morpholine rings is 1. The van der Waals surface area contributed by atoms with Crippen LogP contribution in [0.2, 0.25) is 0 Å². The standard InChI is InChI=1S/C22H33FN4O2/c1-16-3-2-8-27(19(13-16)14-17-4-6-18(23)7-5-17)22-24-20(15-21(28)25-22)26-9-11-29-12-10-26/h4-7,16,19-20,22,24H,2-3,8-15H2,1H3,(H,25,28)/t16-,19+,20?,22?/m0/s1. The molecule has 3 saturated heterocycles. The van der Waals surface area contributed by atoms with E-state index < -0.39 is 0 Å². The summed E-state index contributed by atoms with van der Waals surface area (Å²) in [7, 11) is 0. The van der Waals surface area contributed by atoms with Gasteiger partial charge in [-0.1, -0.05) is 19.1 Å². The summed E-state index contributed by atoms with van der Waals surface area (Å²) >= 11 is 0. The average molecular weight is 405 g/mol. The molecule has 0 saturated carbocycles. The van der Waals surface area contributed by atoms with Gasteiger partial charge in [-0.15, -0.1) is 0 Å². The second-order valence-electron chi connectivity index (χ2n) is 8.71. The Morgan fingerprint density at radius 1 is 1.17 bits per heavy atom. The number of likely N-dealkylation sites (tertiary alicyclic amines) is 1. The van der Waals surface area contributed by atoms with Crippen molar-refractivity contribution in [3.8, 4) is 0 Å². The van der Waals surface area contributed by atoms with Gasteiger partial charge in [-0.05, 0) is 49.3 Å². The molecule has 3 aliphatic heterocycles. The van der Waals surface area contributed by atoms with E-state index in [0.717, 1.165) is 57.7 Å². The van der Waals surface area contributed by atoms with Crippen molar-refractivity contribution in [3.05, 3.63) is 35.6 Å². The number of halogens is 1. The Bertz CT molecular complexity index is 680. The average Bonchev–Trinajstić information content (AvgIpc) is 2.91. The van der Waals surface area contributed by atoms with Crippen LogP contribution in [0.1, 0.15) is 38.2 Å². The molecule has 0 aliphatic carbocycles. The molecule has 3 heterocycles. The van der Waals surface area contributed by atoms with Gasteiger partial charge in [0.1, 0.15) is 12.1 Å². The fourth-order valence-electron chi connectivity index (χ4n) is 4.93. The molecule has 7 heteroatoms. The molecule has 4 atom stereocenters. The first-order chi connectivity index (χ1) is 14.1. The molecule has 3 fully saturated rings. The molecule has 1 amide bonds. The van der Waals surface area contributed by atoms with Gasteiger partial charge in [0.05, 0.1) is 25.8 Å². The van der Waals surface area contributed by atoms with Crippen molar-refractivity contribution in [1.82, 2.24) is 20.4 Å². The first-order valence-electron chi connectivity index (χ1n) is 11.0. The quantitative estimate of drug-likeness (QED) is 0.803. The maximum Gasteiger partial charge on any atom is 0.225 e. The maximum atomic E-state index is 13.3. The molecule has 0 aromatic heterocycles. The van der Waals surface area contributed by atoms with E-state index in [1.807, 2.05) is 12.1 Å². The summed E-state index contributed by atoms with van der Waals surface area (Å²) in [6.07, 6.45) is 4.61. The number of benzene rings is 1. The van der Waals surface area contributed by atoms with Gasteiger partial charge in [0, 0.05) is 25.7 Å². The molecule has 0 bridgehead atoms. The second-order valence-corrected chi connectivity index (χ2v) is 8.71. The summed E-state index contributed by atoms with van der Waals surface area (Å²) in [4.78, 5) is 17.3. The number of nitrogens with zero attached hydrogens (tertiary/aromatic N) is 2. The summed E-state index contributed by atoms with van der Waals surface area (Å²) in [5, 5.41) is 6.88. The van der Waals surface area contributed by atoms with Gasteiger partial charge in [-0.25, -0.2) is 4.39 Å². The molecule has 2 N–H and O–H groups in total. The molecule has 0 radical (unpaired) electrons. The van der Waals surface area contributed by atoms with Gasteiger partial charge >= 0.3 is 0 Å². The van der Waals surface area contributed by atoms with Crippen LogP contribution in [0.4, 0.5) is 4.39 Å². The number of ether oxygens (including phenoxy) is 1. The van der Waals surface area contributed by atoms with Crippen LogP contribution in [0.15, 0.2) is 24.3 Å². The van der Waals surface area contributed by atoms with Crippen molar-refractivity contribution in [2.24, 2.45) is 5.92 Å². The lowest BCUT2D eigenvalue weighted by atomic mass is 9.94. The predicted octanol–water partition coefficient (Wildman–Crippen LogP) is 1.91. The van der Waals surface area contributed by atoms with Crippen molar-refractivity contribution >= 4 is 5.91 Å². The van der Waals surface area contributed by atoms with Gasteiger partial charge in [-0.2, -0.15) is 0 Å².